The minimum Gasteiger partial charge on any atom is -0.487 e. The number of pyridine rings is 1. The topological polar surface area (TPSA) is 99.1 Å². The fraction of sp³-hybridized carbons (Fsp3) is 0.519. The Labute approximate surface area is 219 Å². The van der Waals surface area contributed by atoms with Crippen molar-refractivity contribution in [3.8, 4) is 5.75 Å². The lowest BCUT2D eigenvalue weighted by molar-refractivity contribution is 0.0471. The van der Waals surface area contributed by atoms with Gasteiger partial charge in [-0.15, -0.1) is 0 Å². The van der Waals surface area contributed by atoms with E-state index in [1.54, 1.807) is 16.6 Å². The molecule has 38 heavy (non-hydrogen) atoms. The molecule has 3 heterocycles. The number of nitrogens with one attached hydrogen (secondary N) is 1. The summed E-state index contributed by atoms with van der Waals surface area (Å²) in [6.07, 6.45) is 4.05. The Hall–Kier alpha value is -3.31. The summed E-state index contributed by atoms with van der Waals surface area (Å²) >= 11 is 0. The molecule has 206 valence electrons. The quantitative estimate of drug-likeness (QED) is 0.446. The Bertz CT molecular complexity index is 1240. The van der Waals surface area contributed by atoms with E-state index in [0.29, 0.717) is 52.2 Å². The number of carbonyl (C=O) groups excluding carboxylic acids is 2. The molecule has 1 aromatic heterocycles. The number of hydrogen-bond donors (Lipinski definition) is 1. The lowest BCUT2D eigenvalue weighted by atomic mass is 9.92. The maximum atomic E-state index is 14.1. The van der Waals surface area contributed by atoms with Crippen LogP contribution in [0.2, 0.25) is 0 Å². The molecule has 2 aliphatic rings. The van der Waals surface area contributed by atoms with Crippen molar-refractivity contribution in [2.75, 3.05) is 46.6 Å². The van der Waals surface area contributed by atoms with Gasteiger partial charge in [-0.05, 0) is 25.3 Å². The number of methoxy groups -OCH3 is 1. The highest BCUT2D eigenvalue weighted by Crippen LogP contribution is 2.37. The highest BCUT2D eigenvalue weighted by atomic mass is 19.1. The van der Waals surface area contributed by atoms with Gasteiger partial charge >= 0.3 is 0 Å². The summed E-state index contributed by atoms with van der Waals surface area (Å²) in [6.45, 7) is 3.94. The standard InChI is InChI=1S/C27H33F2N3O6/c1-3-4-11-38-24-22-26(35)31(9-5-10-36-2)16-27(8-12-37-17-27)32(22)15-20(23(24)33)25(34)30-14-18-6-7-19(28)13-21(18)29/h6-7,13,15H,3-5,8-12,14,16-17H2,1-2H3,(H,30,34). The van der Waals surface area contributed by atoms with Crippen LogP contribution in [0.15, 0.2) is 29.2 Å². The molecule has 1 spiro atoms. The van der Waals surface area contributed by atoms with Crippen LogP contribution in [0.4, 0.5) is 8.78 Å². The molecule has 1 N–H and O–H groups in total. The van der Waals surface area contributed by atoms with Crippen LogP contribution in [-0.4, -0.2) is 67.9 Å². The van der Waals surface area contributed by atoms with Gasteiger partial charge in [0.1, 0.15) is 17.2 Å². The number of ether oxygens (including phenoxy) is 3. The molecule has 0 saturated carbocycles. The molecule has 1 aromatic carbocycles. The Morgan fingerprint density at radius 1 is 1.21 bits per heavy atom. The Morgan fingerprint density at radius 2 is 2.03 bits per heavy atom. The van der Waals surface area contributed by atoms with E-state index in [1.807, 2.05) is 6.92 Å². The number of hydrogen-bond acceptors (Lipinski definition) is 6. The third-order valence-electron chi connectivity index (χ3n) is 6.95. The smallest absolute Gasteiger partial charge is 0.274 e. The fourth-order valence-corrected chi connectivity index (χ4v) is 4.86. The molecule has 4 rings (SSSR count). The van der Waals surface area contributed by atoms with E-state index < -0.39 is 28.5 Å². The van der Waals surface area contributed by atoms with Crippen molar-refractivity contribution < 1.29 is 32.6 Å². The van der Waals surface area contributed by atoms with Crippen molar-refractivity contribution in [1.29, 1.82) is 0 Å². The summed E-state index contributed by atoms with van der Waals surface area (Å²) in [7, 11) is 1.59. The predicted octanol–water partition coefficient (Wildman–Crippen LogP) is 2.84. The maximum absolute atomic E-state index is 14.1. The third kappa shape index (κ3) is 5.58. The second kappa shape index (κ2) is 12.0. The lowest BCUT2D eigenvalue weighted by Crippen LogP contribution is -2.56. The normalized spacial score (nSPS) is 18.6. The van der Waals surface area contributed by atoms with E-state index in [1.165, 1.54) is 12.3 Å². The van der Waals surface area contributed by atoms with Crippen LogP contribution in [0.25, 0.3) is 0 Å². The molecule has 1 fully saturated rings. The molecule has 1 atom stereocenters. The van der Waals surface area contributed by atoms with Crippen LogP contribution in [0.3, 0.4) is 0 Å². The Kier molecular flexibility index (Phi) is 8.78. The van der Waals surface area contributed by atoms with E-state index in [-0.39, 0.29) is 41.6 Å². The van der Waals surface area contributed by atoms with E-state index in [0.717, 1.165) is 18.6 Å². The van der Waals surface area contributed by atoms with Gasteiger partial charge in [-0.2, -0.15) is 0 Å². The van der Waals surface area contributed by atoms with Crippen molar-refractivity contribution in [2.24, 2.45) is 0 Å². The molecular weight excluding hydrogens is 500 g/mol. The predicted molar refractivity (Wildman–Crippen MR) is 134 cm³/mol. The summed E-state index contributed by atoms with van der Waals surface area (Å²) in [6, 6.07) is 3.04. The molecule has 1 unspecified atom stereocenters. The molecule has 0 radical (unpaired) electrons. The summed E-state index contributed by atoms with van der Waals surface area (Å²) in [4.78, 5) is 42.1. The molecule has 2 aromatic rings. The minimum absolute atomic E-state index is 0.0692. The average Bonchev–Trinajstić information content (AvgIpc) is 3.36. The summed E-state index contributed by atoms with van der Waals surface area (Å²) in [5.74, 6) is -2.82. The maximum Gasteiger partial charge on any atom is 0.274 e. The third-order valence-corrected chi connectivity index (χ3v) is 6.95. The van der Waals surface area contributed by atoms with E-state index in [9.17, 15) is 23.2 Å². The number of aromatic nitrogens is 1. The van der Waals surface area contributed by atoms with E-state index >= 15 is 0 Å². The van der Waals surface area contributed by atoms with Crippen LogP contribution in [-0.2, 0) is 21.6 Å². The zero-order valence-corrected chi connectivity index (χ0v) is 21.7. The van der Waals surface area contributed by atoms with Gasteiger partial charge in [0.05, 0.1) is 18.8 Å². The zero-order chi connectivity index (χ0) is 27.3. The van der Waals surface area contributed by atoms with Crippen LogP contribution in [0, 0.1) is 11.6 Å². The zero-order valence-electron chi connectivity index (χ0n) is 21.7. The molecule has 11 heteroatoms. The highest BCUT2D eigenvalue weighted by Gasteiger charge is 2.47. The second-order valence-electron chi connectivity index (χ2n) is 9.64. The summed E-state index contributed by atoms with van der Waals surface area (Å²) in [5, 5.41) is 2.54. The Balaban J connectivity index is 1.74. The first-order chi connectivity index (χ1) is 18.3. The van der Waals surface area contributed by atoms with Gasteiger partial charge < -0.3 is 29.0 Å². The molecule has 1 saturated heterocycles. The van der Waals surface area contributed by atoms with Crippen LogP contribution >= 0.6 is 0 Å². The van der Waals surface area contributed by atoms with Gasteiger partial charge in [0.15, 0.2) is 11.4 Å². The summed E-state index contributed by atoms with van der Waals surface area (Å²) < 4.78 is 45.8. The number of halogens is 2. The average molecular weight is 534 g/mol. The van der Waals surface area contributed by atoms with Gasteiger partial charge in [0.25, 0.3) is 11.8 Å². The summed E-state index contributed by atoms with van der Waals surface area (Å²) in [5.41, 5.74) is -1.45. The first kappa shape index (κ1) is 27.7. The van der Waals surface area contributed by atoms with Crippen molar-refractivity contribution in [1.82, 2.24) is 14.8 Å². The van der Waals surface area contributed by atoms with Crippen molar-refractivity contribution in [3.05, 3.63) is 63.1 Å². The van der Waals surface area contributed by atoms with Crippen molar-refractivity contribution in [2.45, 2.75) is 44.7 Å². The van der Waals surface area contributed by atoms with E-state index in [2.05, 4.69) is 5.32 Å². The number of nitrogens with zero attached hydrogens (tertiary/aromatic N) is 2. The van der Waals surface area contributed by atoms with Gasteiger partial charge in [0.2, 0.25) is 5.43 Å². The number of amides is 2. The Morgan fingerprint density at radius 3 is 2.71 bits per heavy atom. The molecule has 0 bridgehead atoms. The number of benzene rings is 1. The number of carbonyl (C=O) groups is 2. The minimum atomic E-state index is -0.808. The highest BCUT2D eigenvalue weighted by molar-refractivity contribution is 5.99. The fourth-order valence-electron chi connectivity index (χ4n) is 4.86. The molecule has 2 aliphatic heterocycles. The number of fused-ring (bicyclic) bond motifs is 2. The van der Waals surface area contributed by atoms with Crippen LogP contribution in [0.1, 0.15) is 59.0 Å². The van der Waals surface area contributed by atoms with Gasteiger partial charge in [0, 0.05) is 57.8 Å². The molecule has 9 nitrogen and oxygen atoms in total. The largest absolute Gasteiger partial charge is 0.487 e. The second-order valence-corrected chi connectivity index (χ2v) is 9.64. The van der Waals surface area contributed by atoms with Gasteiger partial charge in [-0.25, -0.2) is 8.78 Å². The van der Waals surface area contributed by atoms with E-state index in [4.69, 9.17) is 14.2 Å². The van der Waals surface area contributed by atoms with Crippen molar-refractivity contribution in [3.63, 3.8) is 0 Å². The lowest BCUT2D eigenvalue weighted by Gasteiger charge is -2.43. The van der Waals surface area contributed by atoms with Crippen molar-refractivity contribution >= 4 is 11.8 Å². The first-order valence-corrected chi connectivity index (χ1v) is 12.8. The van der Waals surface area contributed by atoms with Crippen LogP contribution < -0.4 is 15.5 Å². The SMILES string of the molecule is CCCCOc1c2n(cc(C(=O)NCc3ccc(F)cc3F)c1=O)C1(CCOC1)CN(CCCOC)C2=O. The molecule has 0 aliphatic carbocycles. The molecular formula is C27H33F2N3O6. The molecule has 2 amide bonds. The van der Waals surface area contributed by atoms with Crippen LogP contribution in [0.5, 0.6) is 5.75 Å². The monoisotopic (exact) mass is 533 g/mol. The first-order valence-electron chi connectivity index (χ1n) is 12.8. The van der Waals surface area contributed by atoms with Gasteiger partial charge in [-0.1, -0.05) is 19.4 Å². The number of rotatable bonds is 11. The van der Waals surface area contributed by atoms with Gasteiger partial charge in [-0.3, -0.25) is 14.4 Å². The number of unbranched alkanes of at least 4 members (excludes halogenated alkanes) is 1.